The molecule has 0 aliphatic rings. The molecule has 2 aromatic carbocycles. The number of fused-ring (bicyclic) bond motifs is 2. The Balaban J connectivity index is 2.50. The molecular weight excluding hydrogens is 248 g/mol. The van der Waals surface area contributed by atoms with Crippen LogP contribution in [0.25, 0.3) is 21.9 Å². The molecule has 1 aromatic heterocycles. The Labute approximate surface area is 107 Å². The number of hydrogen-bond donors (Lipinski definition) is 2. The maximum Gasteiger partial charge on any atom is 0.200 e. The zero-order valence-electron chi connectivity index (χ0n) is 10.0. The first-order valence-corrected chi connectivity index (χ1v) is 5.56. The van der Waals surface area contributed by atoms with Crippen LogP contribution in [0.1, 0.15) is 0 Å². The molecule has 0 aliphatic heterocycles. The number of rotatable bonds is 1. The molecule has 3 rings (SSSR count). The van der Waals surface area contributed by atoms with Crippen molar-refractivity contribution in [1.82, 2.24) is 0 Å². The van der Waals surface area contributed by atoms with Gasteiger partial charge >= 0.3 is 0 Å². The largest absolute Gasteiger partial charge is 0.508 e. The summed E-state index contributed by atoms with van der Waals surface area (Å²) in [4.78, 5) is 12.3. The van der Waals surface area contributed by atoms with E-state index in [0.29, 0.717) is 11.2 Å². The maximum atomic E-state index is 12.3. The van der Waals surface area contributed by atoms with E-state index in [1.54, 1.807) is 0 Å². The van der Waals surface area contributed by atoms with Crippen LogP contribution in [0.15, 0.2) is 39.5 Å². The van der Waals surface area contributed by atoms with Gasteiger partial charge in [0, 0.05) is 6.07 Å². The third-order valence-corrected chi connectivity index (χ3v) is 2.95. The fraction of sp³-hybridized carbons (Fsp3) is 0.0714. The van der Waals surface area contributed by atoms with Gasteiger partial charge in [-0.25, -0.2) is 0 Å². The maximum absolute atomic E-state index is 12.3. The lowest BCUT2D eigenvalue weighted by molar-refractivity contribution is 0.373. The highest BCUT2D eigenvalue weighted by Gasteiger charge is 2.12. The van der Waals surface area contributed by atoms with Crippen molar-refractivity contribution >= 4 is 21.9 Å². The van der Waals surface area contributed by atoms with Gasteiger partial charge in [-0.15, -0.1) is 0 Å². The highest BCUT2D eigenvalue weighted by Crippen LogP contribution is 2.31. The topological polar surface area (TPSA) is 79.9 Å². The van der Waals surface area contributed by atoms with Crippen LogP contribution in [0, 0.1) is 0 Å². The van der Waals surface area contributed by atoms with Crippen molar-refractivity contribution in [2.75, 3.05) is 7.11 Å². The summed E-state index contributed by atoms with van der Waals surface area (Å²) in [7, 11) is 1.41. The molecule has 3 aromatic rings. The highest BCUT2D eigenvalue weighted by molar-refractivity contribution is 5.91. The summed E-state index contributed by atoms with van der Waals surface area (Å²) < 4.78 is 10.5. The fourth-order valence-corrected chi connectivity index (χ4v) is 2.02. The Morgan fingerprint density at radius 2 is 1.79 bits per heavy atom. The van der Waals surface area contributed by atoms with Gasteiger partial charge in [-0.3, -0.25) is 4.79 Å². The van der Waals surface area contributed by atoms with Crippen molar-refractivity contribution in [2.45, 2.75) is 0 Å². The standard InChI is InChI=1S/C14H10O5/c1-18-13-6-12-9(5-10(13)16)14(17)8-4-7(15)2-3-11(8)19-12/h2-6,15-16H,1H3. The van der Waals surface area contributed by atoms with Crippen LogP contribution in [-0.2, 0) is 0 Å². The number of ether oxygens (including phenoxy) is 1. The molecule has 5 nitrogen and oxygen atoms in total. The highest BCUT2D eigenvalue weighted by atomic mass is 16.5. The van der Waals surface area contributed by atoms with Crippen LogP contribution in [0.5, 0.6) is 17.2 Å². The molecule has 1 heterocycles. The van der Waals surface area contributed by atoms with Crippen LogP contribution >= 0.6 is 0 Å². The van der Waals surface area contributed by atoms with E-state index >= 15 is 0 Å². The number of benzene rings is 2. The van der Waals surface area contributed by atoms with E-state index in [4.69, 9.17) is 9.15 Å². The predicted octanol–water partition coefficient (Wildman–Crippen LogP) is 2.37. The lowest BCUT2D eigenvalue weighted by Crippen LogP contribution is -2.02. The normalized spacial score (nSPS) is 11.0. The zero-order chi connectivity index (χ0) is 13.6. The first-order valence-electron chi connectivity index (χ1n) is 5.56. The Hall–Kier alpha value is -2.69. The Morgan fingerprint density at radius 1 is 1.05 bits per heavy atom. The molecule has 2 N–H and O–H groups in total. The number of aromatic hydroxyl groups is 2. The van der Waals surface area contributed by atoms with Crippen molar-refractivity contribution < 1.29 is 19.4 Å². The molecule has 0 amide bonds. The van der Waals surface area contributed by atoms with E-state index in [2.05, 4.69) is 0 Å². The first kappa shape index (κ1) is 11.4. The summed E-state index contributed by atoms with van der Waals surface area (Å²) >= 11 is 0. The minimum Gasteiger partial charge on any atom is -0.508 e. The summed E-state index contributed by atoms with van der Waals surface area (Å²) in [5.41, 5.74) is 0.367. The van der Waals surface area contributed by atoms with Crippen molar-refractivity contribution in [1.29, 1.82) is 0 Å². The van der Waals surface area contributed by atoms with E-state index < -0.39 is 0 Å². The molecule has 0 saturated heterocycles. The number of hydrogen-bond acceptors (Lipinski definition) is 5. The van der Waals surface area contributed by atoms with Crippen LogP contribution in [-0.4, -0.2) is 17.3 Å². The minimum absolute atomic E-state index is 0.0168. The molecule has 5 heteroatoms. The van der Waals surface area contributed by atoms with Crippen molar-refractivity contribution in [3.8, 4) is 17.2 Å². The molecule has 0 atom stereocenters. The molecule has 0 unspecified atom stereocenters. The third-order valence-electron chi connectivity index (χ3n) is 2.95. The Morgan fingerprint density at radius 3 is 2.53 bits per heavy atom. The fourth-order valence-electron chi connectivity index (χ4n) is 2.02. The molecule has 0 spiro atoms. The molecule has 96 valence electrons. The smallest absolute Gasteiger partial charge is 0.200 e. The van der Waals surface area contributed by atoms with Crippen LogP contribution in [0.3, 0.4) is 0 Å². The van der Waals surface area contributed by atoms with Gasteiger partial charge in [0.2, 0.25) is 5.43 Å². The van der Waals surface area contributed by atoms with Crippen LogP contribution < -0.4 is 10.2 Å². The van der Waals surface area contributed by atoms with Gasteiger partial charge in [0.15, 0.2) is 11.5 Å². The van der Waals surface area contributed by atoms with Crippen molar-refractivity contribution in [2.24, 2.45) is 0 Å². The predicted molar refractivity (Wildman–Crippen MR) is 69.9 cm³/mol. The molecule has 0 radical (unpaired) electrons. The SMILES string of the molecule is COc1cc2oc3ccc(O)cc3c(=O)c2cc1O. The van der Waals surface area contributed by atoms with Crippen molar-refractivity contribution in [3.05, 3.63) is 40.6 Å². The second kappa shape index (κ2) is 3.91. The average molecular weight is 258 g/mol. The zero-order valence-corrected chi connectivity index (χ0v) is 10.0. The number of phenolic OH excluding ortho intramolecular Hbond substituents is 2. The van der Waals surface area contributed by atoms with Gasteiger partial charge in [0.1, 0.15) is 16.9 Å². The third kappa shape index (κ3) is 1.67. The summed E-state index contributed by atoms with van der Waals surface area (Å²) in [5, 5.41) is 19.6. The minimum atomic E-state index is -0.315. The van der Waals surface area contributed by atoms with Gasteiger partial charge in [-0.1, -0.05) is 0 Å². The second-order valence-corrected chi connectivity index (χ2v) is 4.13. The van der Waals surface area contributed by atoms with Gasteiger partial charge in [0.05, 0.1) is 17.9 Å². The Bertz CT molecular complexity index is 848. The lowest BCUT2D eigenvalue weighted by atomic mass is 10.1. The second-order valence-electron chi connectivity index (χ2n) is 4.13. The van der Waals surface area contributed by atoms with Gasteiger partial charge in [-0.05, 0) is 24.3 Å². The van der Waals surface area contributed by atoms with E-state index in [1.165, 1.54) is 37.4 Å². The van der Waals surface area contributed by atoms with E-state index in [0.717, 1.165) is 0 Å². The first-order chi connectivity index (χ1) is 9.10. The van der Waals surface area contributed by atoms with Gasteiger partial charge < -0.3 is 19.4 Å². The van der Waals surface area contributed by atoms with Gasteiger partial charge in [0.25, 0.3) is 0 Å². The summed E-state index contributed by atoms with van der Waals surface area (Å²) in [6, 6.07) is 7.04. The van der Waals surface area contributed by atoms with Gasteiger partial charge in [-0.2, -0.15) is 0 Å². The lowest BCUT2D eigenvalue weighted by Gasteiger charge is -2.06. The van der Waals surface area contributed by atoms with Crippen LogP contribution in [0.4, 0.5) is 0 Å². The van der Waals surface area contributed by atoms with E-state index in [-0.39, 0.29) is 33.4 Å². The van der Waals surface area contributed by atoms with E-state index in [9.17, 15) is 15.0 Å². The molecule has 0 saturated carbocycles. The van der Waals surface area contributed by atoms with E-state index in [1.807, 2.05) is 0 Å². The summed E-state index contributed by atoms with van der Waals surface area (Å²) in [5.74, 6) is 0.0764. The molecular formula is C14H10O5. The summed E-state index contributed by atoms with van der Waals surface area (Å²) in [6.45, 7) is 0. The average Bonchev–Trinajstić information content (AvgIpc) is 2.40. The van der Waals surface area contributed by atoms with Crippen LogP contribution in [0.2, 0.25) is 0 Å². The molecule has 0 bridgehead atoms. The molecule has 0 fully saturated rings. The number of phenols is 2. The Kier molecular flexibility index (Phi) is 2.35. The van der Waals surface area contributed by atoms with Crippen molar-refractivity contribution in [3.63, 3.8) is 0 Å². The summed E-state index contributed by atoms with van der Waals surface area (Å²) in [6.07, 6.45) is 0. The monoisotopic (exact) mass is 258 g/mol. The number of methoxy groups -OCH3 is 1. The molecule has 0 aliphatic carbocycles. The molecule has 19 heavy (non-hydrogen) atoms. The quantitative estimate of drug-likeness (QED) is 0.655.